The number of nitrogens with one attached hydrogen (secondary N) is 3. The molecule has 1 aliphatic rings. The maximum Gasteiger partial charge on any atom is 0.355 e. The summed E-state index contributed by atoms with van der Waals surface area (Å²) < 4.78 is 5.28. The zero-order chi connectivity index (χ0) is 26.8. The van der Waals surface area contributed by atoms with Gasteiger partial charge in [-0.05, 0) is 56.9 Å². The molecule has 0 unspecified atom stereocenters. The van der Waals surface area contributed by atoms with Crippen LogP contribution >= 0.6 is 23.2 Å². The van der Waals surface area contributed by atoms with E-state index >= 15 is 0 Å². The second-order valence-electron chi connectivity index (χ2n) is 9.87. The van der Waals surface area contributed by atoms with Gasteiger partial charge in [-0.2, -0.15) is 4.98 Å². The second-order valence-corrected chi connectivity index (χ2v) is 10.7. The summed E-state index contributed by atoms with van der Waals surface area (Å²) >= 11 is 12.7. The molecule has 0 amide bonds. The smallest absolute Gasteiger partial charge is 0.355 e. The lowest BCUT2D eigenvalue weighted by atomic mass is 9.91. The summed E-state index contributed by atoms with van der Waals surface area (Å²) in [6.07, 6.45) is 3.95. The fraction of sp³-hybridized carbons (Fsp3) is 0.393. The molecule has 0 atom stereocenters. The van der Waals surface area contributed by atoms with E-state index in [4.69, 9.17) is 37.9 Å². The van der Waals surface area contributed by atoms with Crippen molar-refractivity contribution in [1.29, 1.82) is 0 Å². The topological polar surface area (TPSA) is 95.2 Å². The molecule has 1 aliphatic carbocycles. The largest absolute Gasteiger partial charge is 0.461 e. The number of halogens is 2. The van der Waals surface area contributed by atoms with E-state index in [1.54, 1.807) is 19.1 Å². The summed E-state index contributed by atoms with van der Waals surface area (Å²) in [5.41, 5.74) is 2.88. The Hall–Kier alpha value is -3.07. The van der Waals surface area contributed by atoms with Gasteiger partial charge in [-0.25, -0.2) is 9.78 Å². The second kappa shape index (κ2) is 11.4. The van der Waals surface area contributed by atoms with E-state index < -0.39 is 5.97 Å². The molecule has 38 heavy (non-hydrogen) atoms. The molecule has 10 heteroatoms. The molecule has 0 spiro atoms. The van der Waals surface area contributed by atoms with Crippen molar-refractivity contribution in [1.82, 2.24) is 20.3 Å². The lowest BCUT2D eigenvalue weighted by Gasteiger charge is -2.30. The van der Waals surface area contributed by atoms with E-state index in [1.165, 1.54) is 0 Å². The van der Waals surface area contributed by atoms with E-state index in [0.717, 1.165) is 58.9 Å². The molecular weight excluding hydrogens is 523 g/mol. The standard InChI is InChI=1S/C28H32Cl2N6O2/c1-4-38-27(37)25-20(24-21(30)13-16(29)14-23(24)33-25)15-31-17-9-11-18(12-10-17)32-28-34-22-8-6-5-7-19(22)26(35-28)36(2)3/h5-8,13-14,17-18,31,33H,4,9-12,15H2,1-3H3,(H,32,34,35). The molecule has 0 radical (unpaired) electrons. The maximum absolute atomic E-state index is 12.7. The number of anilines is 2. The number of carbonyl (C=O) groups is 1. The van der Waals surface area contributed by atoms with Crippen LogP contribution in [0.15, 0.2) is 36.4 Å². The highest BCUT2D eigenvalue weighted by Gasteiger charge is 2.25. The summed E-state index contributed by atoms with van der Waals surface area (Å²) in [7, 11) is 4.00. The van der Waals surface area contributed by atoms with E-state index in [-0.39, 0.29) is 0 Å². The minimum absolute atomic E-state index is 0.295. The van der Waals surface area contributed by atoms with Crippen molar-refractivity contribution in [2.24, 2.45) is 0 Å². The zero-order valence-electron chi connectivity index (χ0n) is 21.8. The number of ether oxygens (including phenoxy) is 1. The number of aromatic amines is 1. The van der Waals surface area contributed by atoms with Gasteiger partial charge in [-0.1, -0.05) is 35.3 Å². The van der Waals surface area contributed by atoms with E-state index in [0.29, 0.717) is 46.9 Å². The third kappa shape index (κ3) is 5.53. The monoisotopic (exact) mass is 554 g/mol. The number of carbonyl (C=O) groups excluding carboxylic acids is 1. The molecule has 1 fully saturated rings. The van der Waals surface area contributed by atoms with Gasteiger partial charge < -0.3 is 25.3 Å². The summed E-state index contributed by atoms with van der Waals surface area (Å²) in [4.78, 5) is 27.4. The number of hydrogen-bond acceptors (Lipinski definition) is 7. The zero-order valence-corrected chi connectivity index (χ0v) is 23.3. The number of esters is 1. The van der Waals surface area contributed by atoms with Crippen molar-refractivity contribution >= 4 is 62.7 Å². The Labute approximate surface area is 232 Å². The van der Waals surface area contributed by atoms with Crippen LogP contribution in [-0.2, 0) is 11.3 Å². The third-order valence-electron chi connectivity index (χ3n) is 7.03. The first-order chi connectivity index (χ1) is 18.3. The number of benzene rings is 2. The molecule has 200 valence electrons. The van der Waals surface area contributed by atoms with Gasteiger partial charge in [0.1, 0.15) is 11.5 Å². The number of hydrogen-bond donors (Lipinski definition) is 3. The first kappa shape index (κ1) is 26.5. The average Bonchev–Trinajstić information content (AvgIpc) is 3.26. The van der Waals surface area contributed by atoms with Gasteiger partial charge in [0.2, 0.25) is 5.95 Å². The molecule has 8 nitrogen and oxygen atoms in total. The number of nitrogens with zero attached hydrogens (tertiary/aromatic N) is 3. The Kier molecular flexibility index (Phi) is 7.93. The Morgan fingerprint density at radius 1 is 1.11 bits per heavy atom. The van der Waals surface area contributed by atoms with E-state index in [2.05, 4.69) is 15.6 Å². The number of rotatable bonds is 8. The quantitative estimate of drug-likeness (QED) is 0.224. The normalized spacial score (nSPS) is 17.6. The molecule has 0 bridgehead atoms. The van der Waals surface area contributed by atoms with Crippen LogP contribution in [-0.4, -0.2) is 53.7 Å². The molecule has 3 N–H and O–H groups in total. The molecule has 1 saturated carbocycles. The van der Waals surface area contributed by atoms with Crippen molar-refractivity contribution in [3.63, 3.8) is 0 Å². The highest BCUT2D eigenvalue weighted by atomic mass is 35.5. The van der Waals surface area contributed by atoms with E-state index in [9.17, 15) is 4.79 Å². The summed E-state index contributed by atoms with van der Waals surface area (Å²) in [6, 6.07) is 12.2. The maximum atomic E-state index is 12.7. The van der Waals surface area contributed by atoms with Gasteiger partial charge in [-0.15, -0.1) is 0 Å². The highest BCUT2D eigenvalue weighted by molar-refractivity contribution is 6.39. The molecule has 2 aromatic carbocycles. The summed E-state index contributed by atoms with van der Waals surface area (Å²) in [5, 5.41) is 10.1. The first-order valence-electron chi connectivity index (χ1n) is 12.9. The van der Waals surface area contributed by atoms with Crippen LogP contribution in [0.1, 0.15) is 48.7 Å². The SMILES string of the molecule is CCOC(=O)c1[nH]c2cc(Cl)cc(Cl)c2c1CNC1CCC(Nc2nc(N(C)C)c3ccccc3n2)CC1. The van der Waals surface area contributed by atoms with Gasteiger partial charge in [0.15, 0.2) is 0 Å². The van der Waals surface area contributed by atoms with Crippen molar-refractivity contribution < 1.29 is 9.53 Å². The lowest BCUT2D eigenvalue weighted by molar-refractivity contribution is 0.0519. The Morgan fingerprint density at radius 2 is 1.84 bits per heavy atom. The van der Waals surface area contributed by atoms with Gasteiger partial charge >= 0.3 is 5.97 Å². The summed E-state index contributed by atoms with van der Waals surface area (Å²) in [5.74, 6) is 1.17. The third-order valence-corrected chi connectivity index (χ3v) is 7.55. The molecular formula is C28H32Cl2N6O2. The first-order valence-corrected chi connectivity index (χ1v) is 13.7. The van der Waals surface area contributed by atoms with Crippen LogP contribution in [0, 0.1) is 0 Å². The number of fused-ring (bicyclic) bond motifs is 2. The Bertz CT molecular complexity index is 1460. The fourth-order valence-corrected chi connectivity index (χ4v) is 5.81. The van der Waals surface area contributed by atoms with Crippen LogP contribution in [0.3, 0.4) is 0 Å². The van der Waals surface area contributed by atoms with Crippen LogP contribution in [0.25, 0.3) is 21.8 Å². The van der Waals surface area contributed by atoms with Crippen LogP contribution in [0.5, 0.6) is 0 Å². The van der Waals surface area contributed by atoms with E-state index in [1.807, 2.05) is 43.3 Å². The van der Waals surface area contributed by atoms with Gasteiger partial charge in [-0.3, -0.25) is 0 Å². The number of H-pyrrole nitrogens is 1. The van der Waals surface area contributed by atoms with Crippen LogP contribution in [0.4, 0.5) is 11.8 Å². The van der Waals surface area contributed by atoms with Gasteiger partial charge in [0.25, 0.3) is 0 Å². The van der Waals surface area contributed by atoms with Crippen LogP contribution < -0.4 is 15.5 Å². The van der Waals surface area contributed by atoms with Crippen molar-refractivity contribution in [3.8, 4) is 0 Å². The van der Waals surface area contributed by atoms with Crippen molar-refractivity contribution in [2.75, 3.05) is 30.9 Å². The number of para-hydroxylation sites is 1. The van der Waals surface area contributed by atoms with Crippen molar-refractivity contribution in [2.45, 2.75) is 51.2 Å². The minimum Gasteiger partial charge on any atom is -0.461 e. The molecule has 2 aromatic heterocycles. The molecule has 0 aliphatic heterocycles. The molecule has 4 aromatic rings. The van der Waals surface area contributed by atoms with Gasteiger partial charge in [0, 0.05) is 59.6 Å². The van der Waals surface area contributed by atoms with Gasteiger partial charge in [0.05, 0.1) is 17.1 Å². The molecule has 0 saturated heterocycles. The Balaban J connectivity index is 1.26. The number of aromatic nitrogens is 3. The predicted molar refractivity (Wildman–Crippen MR) is 155 cm³/mol. The van der Waals surface area contributed by atoms with Crippen LogP contribution in [0.2, 0.25) is 10.0 Å². The predicted octanol–water partition coefficient (Wildman–Crippen LogP) is 6.17. The molecule has 5 rings (SSSR count). The summed E-state index contributed by atoms with van der Waals surface area (Å²) in [6.45, 7) is 2.58. The highest BCUT2D eigenvalue weighted by Crippen LogP contribution is 2.33. The molecule has 2 heterocycles. The minimum atomic E-state index is -0.395. The van der Waals surface area contributed by atoms with Crippen molar-refractivity contribution in [3.05, 3.63) is 57.7 Å². The Morgan fingerprint density at radius 3 is 2.58 bits per heavy atom. The average molecular weight is 556 g/mol. The lowest BCUT2D eigenvalue weighted by Crippen LogP contribution is -2.37. The fourth-order valence-electron chi connectivity index (χ4n) is 5.20.